The fraction of sp³-hybridized carbons (Fsp3) is 0.692. The zero-order valence-corrected chi connectivity index (χ0v) is 14.5. The van der Waals surface area contributed by atoms with Crippen molar-refractivity contribution < 1.29 is 8.42 Å². The number of hydrogen-bond acceptors (Lipinski definition) is 4. The Kier molecular flexibility index (Phi) is 6.46. The summed E-state index contributed by atoms with van der Waals surface area (Å²) in [4.78, 5) is 0.922. The Morgan fingerprint density at radius 2 is 2.10 bits per heavy atom. The number of piperidine rings is 1. The third-order valence-corrected chi connectivity index (χ3v) is 6.44. The van der Waals surface area contributed by atoms with Gasteiger partial charge in [-0.3, -0.25) is 0 Å². The minimum absolute atomic E-state index is 0.303. The molecular weight excluding hydrogens is 330 g/mol. The van der Waals surface area contributed by atoms with E-state index in [2.05, 4.69) is 17.0 Å². The van der Waals surface area contributed by atoms with E-state index in [9.17, 15) is 8.42 Å². The number of rotatable bonds is 7. The van der Waals surface area contributed by atoms with E-state index in [4.69, 9.17) is 11.6 Å². The highest BCUT2D eigenvalue weighted by Crippen LogP contribution is 2.22. The van der Waals surface area contributed by atoms with E-state index in [1.54, 1.807) is 10.4 Å². The van der Waals surface area contributed by atoms with Crippen molar-refractivity contribution in [3.63, 3.8) is 0 Å². The minimum atomic E-state index is -3.39. The second-order valence-corrected chi connectivity index (χ2v) is 8.74. The highest BCUT2D eigenvalue weighted by molar-refractivity contribution is 7.87. The molecule has 0 bridgehead atoms. The summed E-state index contributed by atoms with van der Waals surface area (Å²) < 4.78 is 29.4. The third-order valence-electron chi connectivity index (χ3n) is 3.65. The van der Waals surface area contributed by atoms with Crippen LogP contribution in [0.1, 0.15) is 24.6 Å². The maximum atomic E-state index is 12.3. The summed E-state index contributed by atoms with van der Waals surface area (Å²) in [6.45, 7) is 5.51. The summed E-state index contributed by atoms with van der Waals surface area (Å²) in [5.41, 5.74) is 0. The van der Waals surface area contributed by atoms with Crippen LogP contribution in [0.3, 0.4) is 0 Å². The Morgan fingerprint density at radius 3 is 2.67 bits per heavy atom. The number of nitrogens with one attached hydrogen (secondary N) is 2. The summed E-state index contributed by atoms with van der Waals surface area (Å²) in [7, 11) is -3.39. The molecule has 0 spiro atoms. The third kappa shape index (κ3) is 5.19. The first-order valence-corrected chi connectivity index (χ1v) is 9.84. The van der Waals surface area contributed by atoms with Crippen LogP contribution in [0, 0.1) is 5.92 Å². The molecule has 2 rings (SSSR count). The van der Waals surface area contributed by atoms with E-state index >= 15 is 0 Å². The molecule has 1 aromatic heterocycles. The fourth-order valence-electron chi connectivity index (χ4n) is 2.40. The predicted octanol–water partition coefficient (Wildman–Crippen LogP) is 2.06. The topological polar surface area (TPSA) is 61.4 Å². The van der Waals surface area contributed by atoms with Crippen LogP contribution in [0.5, 0.6) is 0 Å². The lowest BCUT2D eigenvalue weighted by Crippen LogP contribution is -2.45. The highest BCUT2D eigenvalue weighted by atomic mass is 35.5. The van der Waals surface area contributed by atoms with Gasteiger partial charge in [0.1, 0.15) is 0 Å². The maximum absolute atomic E-state index is 12.3. The molecule has 2 N–H and O–H groups in total. The summed E-state index contributed by atoms with van der Waals surface area (Å²) in [6.07, 6.45) is 1.83. The molecular formula is C13H22ClN3O2S2. The van der Waals surface area contributed by atoms with Gasteiger partial charge in [-0.25, -0.2) is 0 Å². The first-order chi connectivity index (χ1) is 10.0. The average molecular weight is 352 g/mol. The largest absolute Gasteiger partial charge is 0.317 e. The molecule has 0 saturated carbocycles. The van der Waals surface area contributed by atoms with Gasteiger partial charge in [0.05, 0.1) is 4.34 Å². The van der Waals surface area contributed by atoms with Crippen LogP contribution in [0.2, 0.25) is 4.34 Å². The van der Waals surface area contributed by atoms with Gasteiger partial charge in [-0.05, 0) is 44.0 Å². The van der Waals surface area contributed by atoms with E-state index < -0.39 is 10.2 Å². The van der Waals surface area contributed by atoms with Gasteiger partial charge in [-0.15, -0.1) is 11.3 Å². The molecule has 120 valence electrons. The SMILES string of the molecule is CCNCC1CCN(S(=O)(=O)NCc2ccc(Cl)s2)CC1. The molecule has 0 amide bonds. The molecule has 1 aromatic rings. The van der Waals surface area contributed by atoms with Gasteiger partial charge in [0.2, 0.25) is 0 Å². The lowest BCUT2D eigenvalue weighted by atomic mass is 9.98. The lowest BCUT2D eigenvalue weighted by Gasteiger charge is -2.31. The van der Waals surface area contributed by atoms with Gasteiger partial charge in [-0.1, -0.05) is 18.5 Å². The van der Waals surface area contributed by atoms with Crippen molar-refractivity contribution in [1.29, 1.82) is 0 Å². The molecule has 0 aromatic carbocycles. The van der Waals surface area contributed by atoms with Crippen molar-refractivity contribution in [3.8, 4) is 0 Å². The van der Waals surface area contributed by atoms with Crippen LogP contribution in [0.25, 0.3) is 0 Å². The molecule has 8 heteroatoms. The Labute approximate surface area is 135 Å². The molecule has 1 aliphatic rings. The Balaban J connectivity index is 1.81. The van der Waals surface area contributed by atoms with Crippen molar-refractivity contribution in [3.05, 3.63) is 21.3 Å². The molecule has 1 fully saturated rings. The van der Waals surface area contributed by atoms with Crippen molar-refractivity contribution in [2.24, 2.45) is 5.92 Å². The van der Waals surface area contributed by atoms with Gasteiger partial charge in [0.15, 0.2) is 0 Å². The van der Waals surface area contributed by atoms with Crippen molar-refractivity contribution in [1.82, 2.24) is 14.3 Å². The van der Waals surface area contributed by atoms with E-state index in [-0.39, 0.29) is 0 Å². The number of thiophene rings is 1. The Bertz CT molecular complexity index is 539. The van der Waals surface area contributed by atoms with Gasteiger partial charge >= 0.3 is 0 Å². The quantitative estimate of drug-likeness (QED) is 0.790. The van der Waals surface area contributed by atoms with Crippen LogP contribution < -0.4 is 10.0 Å². The van der Waals surface area contributed by atoms with Gasteiger partial charge < -0.3 is 5.32 Å². The maximum Gasteiger partial charge on any atom is 0.279 e. The molecule has 2 heterocycles. The zero-order valence-electron chi connectivity index (χ0n) is 12.1. The Hall–Kier alpha value is -0.180. The lowest BCUT2D eigenvalue weighted by molar-refractivity contribution is 0.266. The van der Waals surface area contributed by atoms with Crippen LogP contribution in [0.15, 0.2) is 12.1 Å². The molecule has 0 atom stereocenters. The Morgan fingerprint density at radius 1 is 1.38 bits per heavy atom. The molecule has 0 unspecified atom stereocenters. The van der Waals surface area contributed by atoms with Crippen molar-refractivity contribution >= 4 is 33.1 Å². The van der Waals surface area contributed by atoms with Gasteiger partial charge in [0.25, 0.3) is 10.2 Å². The van der Waals surface area contributed by atoms with E-state index in [0.29, 0.717) is 29.9 Å². The molecule has 0 aliphatic carbocycles. The summed E-state index contributed by atoms with van der Waals surface area (Å²) in [5, 5.41) is 3.33. The van der Waals surface area contributed by atoms with E-state index in [1.165, 1.54) is 11.3 Å². The van der Waals surface area contributed by atoms with Crippen LogP contribution in [-0.2, 0) is 16.8 Å². The van der Waals surface area contributed by atoms with Crippen LogP contribution in [-0.4, -0.2) is 38.9 Å². The smallest absolute Gasteiger partial charge is 0.279 e. The average Bonchev–Trinajstić information content (AvgIpc) is 2.89. The second-order valence-electron chi connectivity index (χ2n) is 5.18. The number of nitrogens with zero attached hydrogens (tertiary/aromatic N) is 1. The van der Waals surface area contributed by atoms with E-state index in [0.717, 1.165) is 30.8 Å². The van der Waals surface area contributed by atoms with Crippen LogP contribution >= 0.6 is 22.9 Å². The first-order valence-electron chi connectivity index (χ1n) is 7.21. The molecule has 1 aliphatic heterocycles. The van der Waals surface area contributed by atoms with Gasteiger partial charge in [0, 0.05) is 24.5 Å². The van der Waals surface area contributed by atoms with Crippen molar-refractivity contribution in [2.45, 2.75) is 26.3 Å². The van der Waals surface area contributed by atoms with Crippen molar-refractivity contribution in [2.75, 3.05) is 26.2 Å². The van der Waals surface area contributed by atoms with Gasteiger partial charge in [-0.2, -0.15) is 17.4 Å². The summed E-state index contributed by atoms with van der Waals surface area (Å²) in [5.74, 6) is 0.576. The highest BCUT2D eigenvalue weighted by Gasteiger charge is 2.27. The van der Waals surface area contributed by atoms with E-state index in [1.807, 2.05) is 6.07 Å². The fourth-order valence-corrected chi connectivity index (χ4v) is 4.73. The molecule has 0 radical (unpaired) electrons. The summed E-state index contributed by atoms with van der Waals surface area (Å²) in [6, 6.07) is 3.63. The normalized spacial score (nSPS) is 18.2. The summed E-state index contributed by atoms with van der Waals surface area (Å²) >= 11 is 7.24. The minimum Gasteiger partial charge on any atom is -0.317 e. The number of hydrogen-bond donors (Lipinski definition) is 2. The molecule has 5 nitrogen and oxygen atoms in total. The standard InChI is InChI=1S/C13H22ClN3O2S2/c1-2-15-9-11-5-7-17(8-6-11)21(18,19)16-10-12-3-4-13(14)20-12/h3-4,11,15-16H,2,5-10H2,1H3. The second kappa shape index (κ2) is 7.89. The zero-order chi connectivity index (χ0) is 15.3. The predicted molar refractivity (Wildman–Crippen MR) is 87.9 cm³/mol. The monoisotopic (exact) mass is 351 g/mol. The molecule has 1 saturated heterocycles. The number of halogens is 1. The van der Waals surface area contributed by atoms with Crippen LogP contribution in [0.4, 0.5) is 0 Å². The first kappa shape index (κ1) is 17.2. The molecule has 21 heavy (non-hydrogen) atoms.